The van der Waals surface area contributed by atoms with E-state index in [0.29, 0.717) is 35.1 Å². The van der Waals surface area contributed by atoms with Gasteiger partial charge in [0.2, 0.25) is 0 Å². The molecule has 0 heterocycles. The predicted octanol–water partition coefficient (Wildman–Crippen LogP) is 4.45. The van der Waals surface area contributed by atoms with Crippen LogP contribution in [0.4, 0.5) is 11.4 Å². The number of anilines is 1. The molecule has 0 radical (unpaired) electrons. The van der Waals surface area contributed by atoms with Crippen LogP contribution in [0.15, 0.2) is 42.5 Å². The first kappa shape index (κ1) is 21.3. The van der Waals surface area contributed by atoms with Gasteiger partial charge in [0, 0.05) is 22.9 Å². The molecule has 2 aromatic carbocycles. The van der Waals surface area contributed by atoms with E-state index in [-0.39, 0.29) is 16.7 Å². The fraction of sp³-hybridized carbons (Fsp3) is 0.300. The number of carbonyl (C=O) groups is 1. The smallest absolute Gasteiger partial charge is 0.274 e. The molecule has 0 saturated heterocycles. The molecule has 0 aliphatic heterocycles. The molecule has 2 aromatic rings. The molecule has 0 spiro atoms. The number of benzene rings is 2. The van der Waals surface area contributed by atoms with E-state index in [1.165, 1.54) is 6.07 Å². The summed E-state index contributed by atoms with van der Waals surface area (Å²) in [6.07, 6.45) is 0.958. The van der Waals surface area contributed by atoms with Gasteiger partial charge in [-0.2, -0.15) is 0 Å². The van der Waals surface area contributed by atoms with Gasteiger partial charge in [-0.05, 0) is 61.8 Å². The number of rotatable bonds is 7. The first-order valence-electron chi connectivity index (χ1n) is 8.86. The highest BCUT2D eigenvalue weighted by atomic mass is 32.1. The van der Waals surface area contributed by atoms with Gasteiger partial charge < -0.3 is 10.1 Å². The summed E-state index contributed by atoms with van der Waals surface area (Å²) in [6.45, 7) is 6.53. The van der Waals surface area contributed by atoms with Gasteiger partial charge in [-0.15, -0.1) is 0 Å². The number of nitrogens with one attached hydrogen (secondary N) is 2. The van der Waals surface area contributed by atoms with Crippen LogP contribution in [0.3, 0.4) is 0 Å². The fourth-order valence-electron chi connectivity index (χ4n) is 2.34. The van der Waals surface area contributed by atoms with E-state index in [0.717, 1.165) is 6.42 Å². The van der Waals surface area contributed by atoms with Crippen molar-refractivity contribution in [3.8, 4) is 5.75 Å². The Labute approximate surface area is 169 Å². The zero-order valence-electron chi connectivity index (χ0n) is 16.0. The highest BCUT2D eigenvalue weighted by molar-refractivity contribution is 7.80. The van der Waals surface area contributed by atoms with Gasteiger partial charge in [-0.3, -0.25) is 20.2 Å². The van der Waals surface area contributed by atoms with Crippen LogP contribution >= 0.6 is 12.2 Å². The van der Waals surface area contributed by atoms with Gasteiger partial charge in [0.1, 0.15) is 5.75 Å². The highest BCUT2D eigenvalue weighted by Gasteiger charge is 2.13. The van der Waals surface area contributed by atoms with Crippen molar-refractivity contribution in [2.45, 2.75) is 27.2 Å². The third-order valence-corrected chi connectivity index (χ3v) is 4.18. The summed E-state index contributed by atoms with van der Waals surface area (Å²) < 4.78 is 5.63. The molecule has 0 aliphatic carbocycles. The number of amides is 1. The molecule has 0 unspecified atom stereocenters. The first-order valence-corrected chi connectivity index (χ1v) is 9.27. The van der Waals surface area contributed by atoms with Crippen molar-refractivity contribution in [1.29, 1.82) is 0 Å². The molecule has 2 N–H and O–H groups in total. The summed E-state index contributed by atoms with van der Waals surface area (Å²) in [7, 11) is 0. The van der Waals surface area contributed by atoms with Gasteiger partial charge in [-0.25, -0.2) is 0 Å². The molecular weight excluding hydrogens is 378 g/mol. The average molecular weight is 401 g/mol. The maximum atomic E-state index is 12.3. The maximum absolute atomic E-state index is 12.3. The van der Waals surface area contributed by atoms with Crippen molar-refractivity contribution in [3.05, 3.63) is 63.7 Å². The van der Waals surface area contributed by atoms with Crippen molar-refractivity contribution in [3.63, 3.8) is 0 Å². The van der Waals surface area contributed by atoms with Gasteiger partial charge >= 0.3 is 0 Å². The first-order chi connectivity index (χ1) is 13.3. The number of nitrogens with zero attached hydrogens (tertiary/aromatic N) is 1. The molecule has 0 fully saturated rings. The van der Waals surface area contributed by atoms with Crippen LogP contribution < -0.4 is 15.4 Å². The summed E-state index contributed by atoms with van der Waals surface area (Å²) in [5.41, 5.74) is 1.38. The number of aryl methyl sites for hydroxylation is 1. The minimum absolute atomic E-state index is 0.0211. The zero-order valence-corrected chi connectivity index (χ0v) is 16.8. The van der Waals surface area contributed by atoms with Crippen LogP contribution in [-0.4, -0.2) is 22.5 Å². The molecule has 0 aromatic heterocycles. The monoisotopic (exact) mass is 401 g/mol. The summed E-state index contributed by atoms with van der Waals surface area (Å²) in [5.74, 6) is 0.881. The Morgan fingerprint density at radius 3 is 2.50 bits per heavy atom. The number of hydrogen-bond acceptors (Lipinski definition) is 5. The van der Waals surface area contributed by atoms with Gasteiger partial charge in [0.25, 0.3) is 11.6 Å². The van der Waals surface area contributed by atoms with Crippen LogP contribution in [0.25, 0.3) is 0 Å². The zero-order chi connectivity index (χ0) is 20.7. The van der Waals surface area contributed by atoms with Crippen LogP contribution in [0.5, 0.6) is 5.75 Å². The second-order valence-electron chi connectivity index (χ2n) is 6.72. The molecule has 8 heteroatoms. The molecule has 7 nitrogen and oxygen atoms in total. The number of ether oxygens (including phenoxy) is 1. The summed E-state index contributed by atoms with van der Waals surface area (Å²) >= 11 is 5.12. The lowest BCUT2D eigenvalue weighted by Crippen LogP contribution is -2.34. The van der Waals surface area contributed by atoms with Gasteiger partial charge in [-0.1, -0.05) is 19.9 Å². The largest absolute Gasteiger partial charge is 0.494 e. The third kappa shape index (κ3) is 6.31. The molecule has 0 saturated carbocycles. The van der Waals surface area contributed by atoms with E-state index in [1.807, 2.05) is 0 Å². The minimum atomic E-state index is -0.465. The predicted molar refractivity (Wildman–Crippen MR) is 113 cm³/mol. The topological polar surface area (TPSA) is 93.5 Å². The molecule has 0 aliphatic rings. The lowest BCUT2D eigenvalue weighted by Gasteiger charge is -2.11. The van der Waals surface area contributed by atoms with Gasteiger partial charge in [0.05, 0.1) is 11.5 Å². The molecule has 0 bridgehead atoms. The number of hydrogen-bond donors (Lipinski definition) is 2. The molecule has 1 amide bonds. The van der Waals surface area contributed by atoms with Crippen LogP contribution in [-0.2, 0) is 0 Å². The Morgan fingerprint density at radius 2 is 1.89 bits per heavy atom. The van der Waals surface area contributed by atoms with Crippen LogP contribution in [0.1, 0.15) is 36.2 Å². The van der Waals surface area contributed by atoms with Crippen molar-refractivity contribution in [2.75, 3.05) is 11.9 Å². The average Bonchev–Trinajstić information content (AvgIpc) is 2.63. The molecule has 148 valence electrons. The number of nitro groups is 1. The van der Waals surface area contributed by atoms with E-state index in [2.05, 4.69) is 24.5 Å². The second-order valence-corrected chi connectivity index (χ2v) is 7.13. The Hall–Kier alpha value is -3.00. The second kappa shape index (κ2) is 9.80. The van der Waals surface area contributed by atoms with Crippen molar-refractivity contribution >= 4 is 34.6 Å². The normalized spacial score (nSPS) is 10.4. The number of nitro benzene ring substituents is 1. The van der Waals surface area contributed by atoms with E-state index in [4.69, 9.17) is 17.0 Å². The lowest BCUT2D eigenvalue weighted by atomic mass is 10.1. The third-order valence-electron chi connectivity index (χ3n) is 3.97. The number of carbonyl (C=O) groups excluding carboxylic acids is 1. The van der Waals surface area contributed by atoms with Crippen LogP contribution in [0.2, 0.25) is 0 Å². The molecule has 28 heavy (non-hydrogen) atoms. The molecule has 2 rings (SSSR count). The van der Waals surface area contributed by atoms with Crippen molar-refractivity contribution in [2.24, 2.45) is 5.92 Å². The van der Waals surface area contributed by atoms with E-state index in [1.54, 1.807) is 43.3 Å². The lowest BCUT2D eigenvalue weighted by molar-refractivity contribution is -0.385. The Bertz CT molecular complexity index is 866. The Kier molecular flexibility index (Phi) is 7.45. The molecular formula is C20H23N3O4S. The summed E-state index contributed by atoms with van der Waals surface area (Å²) in [6, 6.07) is 11.4. The fourth-order valence-corrected chi connectivity index (χ4v) is 2.55. The maximum Gasteiger partial charge on any atom is 0.274 e. The quantitative estimate of drug-likeness (QED) is 0.404. The van der Waals surface area contributed by atoms with E-state index < -0.39 is 4.92 Å². The molecule has 0 atom stereocenters. The number of thiocarbonyl (C=S) groups is 1. The van der Waals surface area contributed by atoms with Crippen molar-refractivity contribution < 1.29 is 14.5 Å². The van der Waals surface area contributed by atoms with Crippen molar-refractivity contribution in [1.82, 2.24) is 5.32 Å². The SMILES string of the molecule is Cc1ccc(NC(=S)NC(=O)c2ccc(OCCC(C)C)cc2)cc1[N+](=O)[O-]. The highest BCUT2D eigenvalue weighted by Crippen LogP contribution is 2.22. The minimum Gasteiger partial charge on any atom is -0.494 e. The Balaban J connectivity index is 1.92. The van der Waals surface area contributed by atoms with Crippen LogP contribution in [0, 0.1) is 23.0 Å². The van der Waals surface area contributed by atoms with E-state index >= 15 is 0 Å². The summed E-state index contributed by atoms with van der Waals surface area (Å²) in [4.78, 5) is 22.9. The standard InChI is InChI=1S/C20H23N3O4S/c1-13(2)10-11-27-17-8-5-15(6-9-17)19(24)22-20(28)21-16-7-4-14(3)18(12-16)23(25)26/h4-9,12-13H,10-11H2,1-3H3,(H2,21,22,24,28). The Morgan fingerprint density at radius 1 is 1.21 bits per heavy atom. The van der Waals surface area contributed by atoms with E-state index in [9.17, 15) is 14.9 Å². The van der Waals surface area contributed by atoms with Gasteiger partial charge in [0.15, 0.2) is 5.11 Å². The summed E-state index contributed by atoms with van der Waals surface area (Å²) in [5, 5.41) is 16.4.